The molecule has 0 bridgehead atoms. The normalized spacial score (nSPS) is 13.8. The van der Waals surface area contributed by atoms with Crippen LogP contribution in [0.5, 0.6) is 0 Å². The van der Waals surface area contributed by atoms with Gasteiger partial charge >= 0.3 is 0 Å². The Morgan fingerprint density at radius 2 is 0.800 bits per heavy atom. The fourth-order valence-corrected chi connectivity index (χ4v) is 6.44. The summed E-state index contributed by atoms with van der Waals surface area (Å²) >= 11 is 0. The second-order valence-corrected chi connectivity index (χ2v) is 13.6. The quantitative estimate of drug-likeness (QED) is 0.0785. The van der Waals surface area contributed by atoms with Gasteiger partial charge in [0.2, 0.25) is 0 Å². The molecule has 0 aliphatic heterocycles. The predicted molar refractivity (Wildman–Crippen MR) is 185 cm³/mol. The first-order chi connectivity index (χ1) is 19.6. The molecule has 1 N–H and O–H groups in total. The van der Waals surface area contributed by atoms with E-state index in [9.17, 15) is 0 Å². The molecule has 0 amide bonds. The lowest BCUT2D eigenvalue weighted by molar-refractivity contribution is 0.269. The van der Waals surface area contributed by atoms with Crippen LogP contribution in [0, 0.1) is 11.8 Å². The van der Waals surface area contributed by atoms with Crippen LogP contribution in [0.15, 0.2) is 12.3 Å². The molecule has 0 spiro atoms. The lowest BCUT2D eigenvalue weighted by Crippen LogP contribution is -2.36. The van der Waals surface area contributed by atoms with Gasteiger partial charge < -0.3 is 5.32 Å². The molecule has 0 aliphatic rings. The molecule has 0 saturated heterocycles. The summed E-state index contributed by atoms with van der Waals surface area (Å²) in [5.74, 6) is 1.53. The molecule has 0 rings (SSSR count). The van der Waals surface area contributed by atoms with Crippen LogP contribution in [0.25, 0.3) is 0 Å². The van der Waals surface area contributed by atoms with Crippen molar-refractivity contribution >= 4 is 0 Å². The summed E-state index contributed by atoms with van der Waals surface area (Å²) < 4.78 is 0. The second-order valence-electron chi connectivity index (χ2n) is 13.6. The van der Waals surface area contributed by atoms with Crippen molar-refractivity contribution in [1.82, 2.24) is 5.32 Å². The highest BCUT2D eigenvalue weighted by molar-refractivity contribution is 4.95. The average molecular weight is 562 g/mol. The van der Waals surface area contributed by atoms with E-state index in [1.807, 2.05) is 0 Å². The van der Waals surface area contributed by atoms with E-state index in [0.717, 1.165) is 18.3 Å². The van der Waals surface area contributed by atoms with E-state index in [2.05, 4.69) is 46.5 Å². The first-order valence-corrected chi connectivity index (χ1v) is 19.0. The van der Waals surface area contributed by atoms with Crippen LogP contribution >= 0.6 is 0 Å². The van der Waals surface area contributed by atoms with Gasteiger partial charge in [-0.2, -0.15) is 0 Å². The van der Waals surface area contributed by atoms with Crippen molar-refractivity contribution in [2.75, 3.05) is 0 Å². The Labute approximate surface area is 255 Å². The molecule has 0 aromatic carbocycles. The monoisotopic (exact) mass is 562 g/mol. The fraction of sp³-hybridized carbons (Fsp3) is 0.949. The smallest absolute Gasteiger partial charge is 0.0283 e. The Bertz CT molecular complexity index is 497. The summed E-state index contributed by atoms with van der Waals surface area (Å²) in [7, 11) is 0. The van der Waals surface area contributed by atoms with E-state index in [0.29, 0.717) is 6.04 Å². The van der Waals surface area contributed by atoms with E-state index in [1.165, 1.54) is 185 Å². The molecule has 0 saturated carbocycles. The van der Waals surface area contributed by atoms with Crippen LogP contribution < -0.4 is 5.32 Å². The number of hydrogen-bond acceptors (Lipinski definition) is 1. The SMILES string of the molecule is C=C(CCCCCCCCCCCCCCCC)NC(CC)C(C)C(C)CCCCCCCCCCCCCC. The van der Waals surface area contributed by atoms with Crippen molar-refractivity contribution < 1.29 is 0 Å². The average Bonchev–Trinajstić information content (AvgIpc) is 2.96. The van der Waals surface area contributed by atoms with Gasteiger partial charge in [0.05, 0.1) is 0 Å². The lowest BCUT2D eigenvalue weighted by Gasteiger charge is -2.30. The third-order valence-electron chi connectivity index (χ3n) is 9.71. The molecular weight excluding hydrogens is 482 g/mol. The van der Waals surface area contributed by atoms with Gasteiger partial charge in [-0.15, -0.1) is 0 Å². The van der Waals surface area contributed by atoms with Crippen molar-refractivity contribution in [3.8, 4) is 0 Å². The maximum atomic E-state index is 4.41. The first kappa shape index (κ1) is 39.5. The van der Waals surface area contributed by atoms with Gasteiger partial charge in [-0.05, 0) is 31.1 Å². The van der Waals surface area contributed by atoms with Crippen LogP contribution in [0.3, 0.4) is 0 Å². The third kappa shape index (κ3) is 26.4. The van der Waals surface area contributed by atoms with E-state index in [-0.39, 0.29) is 0 Å². The molecule has 0 aromatic rings. The van der Waals surface area contributed by atoms with E-state index in [1.54, 1.807) is 0 Å². The Morgan fingerprint density at radius 1 is 0.475 bits per heavy atom. The highest BCUT2D eigenvalue weighted by Crippen LogP contribution is 2.25. The summed E-state index contributed by atoms with van der Waals surface area (Å²) in [5, 5.41) is 3.85. The van der Waals surface area contributed by atoms with E-state index < -0.39 is 0 Å². The molecule has 40 heavy (non-hydrogen) atoms. The van der Waals surface area contributed by atoms with Crippen molar-refractivity contribution in [3.05, 3.63) is 12.3 Å². The number of rotatable bonds is 33. The highest BCUT2D eigenvalue weighted by atomic mass is 14.9. The molecule has 0 aromatic heterocycles. The van der Waals surface area contributed by atoms with Gasteiger partial charge in [0.1, 0.15) is 0 Å². The van der Waals surface area contributed by atoms with Crippen LogP contribution in [0.1, 0.15) is 221 Å². The summed E-state index contributed by atoms with van der Waals surface area (Å²) in [6.45, 7) is 16.3. The zero-order valence-corrected chi connectivity index (χ0v) is 28.9. The molecule has 1 heteroatoms. The maximum Gasteiger partial charge on any atom is 0.0283 e. The molecule has 0 heterocycles. The Morgan fingerprint density at radius 3 is 1.15 bits per heavy atom. The standard InChI is InChI=1S/C39H79N/c1-7-10-12-14-16-18-20-22-23-25-27-29-31-33-35-37(5)40-39(9-3)38(6)36(4)34-32-30-28-26-24-21-19-17-15-13-11-8-2/h36,38-40H,5,7-35H2,1-4,6H3. The summed E-state index contributed by atoms with van der Waals surface area (Å²) in [5.41, 5.74) is 1.29. The van der Waals surface area contributed by atoms with Crippen molar-refractivity contribution in [2.45, 2.75) is 227 Å². The zero-order chi connectivity index (χ0) is 29.5. The molecule has 3 atom stereocenters. The molecule has 0 fully saturated rings. The Kier molecular flexibility index (Phi) is 31.1. The maximum absolute atomic E-state index is 4.41. The van der Waals surface area contributed by atoms with Gasteiger partial charge in [-0.1, -0.05) is 208 Å². The van der Waals surface area contributed by atoms with Crippen LogP contribution in [0.4, 0.5) is 0 Å². The Balaban J connectivity index is 3.68. The number of nitrogens with one attached hydrogen (secondary N) is 1. The third-order valence-corrected chi connectivity index (χ3v) is 9.71. The lowest BCUT2D eigenvalue weighted by atomic mass is 9.84. The number of allylic oxidation sites excluding steroid dienone is 1. The minimum atomic E-state index is 0.589. The van der Waals surface area contributed by atoms with Crippen LogP contribution in [-0.2, 0) is 0 Å². The summed E-state index contributed by atoms with van der Waals surface area (Å²) in [4.78, 5) is 0. The van der Waals surface area contributed by atoms with Crippen LogP contribution in [0.2, 0.25) is 0 Å². The van der Waals surface area contributed by atoms with Gasteiger partial charge in [-0.3, -0.25) is 0 Å². The minimum absolute atomic E-state index is 0.589. The van der Waals surface area contributed by atoms with E-state index >= 15 is 0 Å². The molecule has 1 nitrogen and oxygen atoms in total. The van der Waals surface area contributed by atoms with Gasteiger partial charge in [-0.25, -0.2) is 0 Å². The van der Waals surface area contributed by atoms with Gasteiger partial charge in [0.15, 0.2) is 0 Å². The van der Waals surface area contributed by atoms with Gasteiger partial charge in [0, 0.05) is 11.7 Å². The largest absolute Gasteiger partial charge is 0.386 e. The number of hydrogen-bond donors (Lipinski definition) is 1. The molecule has 0 aliphatic carbocycles. The minimum Gasteiger partial charge on any atom is -0.386 e. The van der Waals surface area contributed by atoms with E-state index in [4.69, 9.17) is 0 Å². The first-order valence-electron chi connectivity index (χ1n) is 19.0. The molecule has 240 valence electrons. The van der Waals surface area contributed by atoms with Crippen LogP contribution in [-0.4, -0.2) is 6.04 Å². The predicted octanol–water partition coefficient (Wildman–Crippen LogP) is 14.1. The molecule has 3 unspecified atom stereocenters. The molecule has 0 radical (unpaired) electrons. The fourth-order valence-electron chi connectivity index (χ4n) is 6.44. The molecular formula is C39H79N. The van der Waals surface area contributed by atoms with Crippen molar-refractivity contribution in [3.63, 3.8) is 0 Å². The van der Waals surface area contributed by atoms with Crippen molar-refractivity contribution in [2.24, 2.45) is 11.8 Å². The highest BCUT2D eigenvalue weighted by Gasteiger charge is 2.21. The zero-order valence-electron chi connectivity index (χ0n) is 28.9. The summed E-state index contributed by atoms with van der Waals surface area (Å²) in [6.07, 6.45) is 41.1. The van der Waals surface area contributed by atoms with Gasteiger partial charge in [0.25, 0.3) is 0 Å². The van der Waals surface area contributed by atoms with Crippen molar-refractivity contribution in [1.29, 1.82) is 0 Å². The Hall–Kier alpha value is -0.460. The topological polar surface area (TPSA) is 12.0 Å². The number of unbranched alkanes of at least 4 members (excludes halogenated alkanes) is 24. The summed E-state index contributed by atoms with van der Waals surface area (Å²) in [6, 6.07) is 0.589. The second kappa shape index (κ2) is 31.5.